The summed E-state index contributed by atoms with van der Waals surface area (Å²) in [6.07, 6.45) is 1.46. The molecule has 0 aliphatic heterocycles. The van der Waals surface area contributed by atoms with Crippen LogP contribution >= 0.6 is 15.9 Å². The fourth-order valence-corrected chi connectivity index (χ4v) is 2.61. The molecular formula is C18H18BrN5O. The SMILES string of the molecule is CCOc1ccc(Nc2ncnc(Nc3ccccc3Br)c2N)cc1. The lowest BCUT2D eigenvalue weighted by molar-refractivity contribution is 0.340. The molecule has 0 saturated carbocycles. The van der Waals surface area contributed by atoms with Crippen molar-refractivity contribution in [2.75, 3.05) is 23.0 Å². The molecule has 3 rings (SSSR count). The summed E-state index contributed by atoms with van der Waals surface area (Å²) in [6.45, 7) is 2.59. The second-order valence-electron chi connectivity index (χ2n) is 5.17. The minimum absolute atomic E-state index is 0.437. The number of anilines is 5. The molecule has 0 aliphatic rings. The van der Waals surface area contributed by atoms with E-state index in [9.17, 15) is 0 Å². The topological polar surface area (TPSA) is 85.1 Å². The van der Waals surface area contributed by atoms with Crippen molar-refractivity contribution < 1.29 is 4.74 Å². The van der Waals surface area contributed by atoms with Crippen LogP contribution in [0.4, 0.5) is 28.7 Å². The Morgan fingerprint density at radius 3 is 2.36 bits per heavy atom. The predicted molar refractivity (Wildman–Crippen MR) is 105 cm³/mol. The van der Waals surface area contributed by atoms with Crippen molar-refractivity contribution in [3.8, 4) is 5.75 Å². The second-order valence-corrected chi connectivity index (χ2v) is 6.03. The van der Waals surface area contributed by atoms with E-state index in [2.05, 4.69) is 36.5 Å². The molecule has 0 bridgehead atoms. The zero-order valence-electron chi connectivity index (χ0n) is 13.7. The third kappa shape index (κ3) is 4.19. The number of aromatic nitrogens is 2. The number of nitrogens with zero attached hydrogens (tertiary/aromatic N) is 2. The molecule has 3 aromatic rings. The van der Waals surface area contributed by atoms with E-state index < -0.39 is 0 Å². The molecule has 25 heavy (non-hydrogen) atoms. The van der Waals surface area contributed by atoms with E-state index in [1.807, 2.05) is 55.5 Å². The molecule has 0 amide bonds. The molecule has 6 nitrogen and oxygen atoms in total. The summed E-state index contributed by atoms with van der Waals surface area (Å²) in [5, 5.41) is 6.41. The Labute approximate surface area is 154 Å². The number of para-hydroxylation sites is 1. The van der Waals surface area contributed by atoms with E-state index in [0.29, 0.717) is 23.9 Å². The van der Waals surface area contributed by atoms with Crippen molar-refractivity contribution in [1.82, 2.24) is 9.97 Å². The number of nitrogen functional groups attached to an aromatic ring is 1. The first-order valence-corrected chi connectivity index (χ1v) is 8.58. The van der Waals surface area contributed by atoms with E-state index in [-0.39, 0.29) is 0 Å². The summed E-state index contributed by atoms with van der Waals surface area (Å²) < 4.78 is 6.36. The Hall–Kier alpha value is -2.80. The summed E-state index contributed by atoms with van der Waals surface area (Å²) in [5.41, 5.74) is 8.39. The number of nitrogens with two attached hydrogens (primary N) is 1. The maximum absolute atomic E-state index is 6.22. The quantitative estimate of drug-likeness (QED) is 0.556. The van der Waals surface area contributed by atoms with Gasteiger partial charge in [0, 0.05) is 10.2 Å². The molecular weight excluding hydrogens is 382 g/mol. The number of rotatable bonds is 6. The van der Waals surface area contributed by atoms with Crippen LogP contribution in [0, 0.1) is 0 Å². The van der Waals surface area contributed by atoms with Crippen LogP contribution in [0.5, 0.6) is 5.75 Å². The molecule has 128 valence electrons. The fraction of sp³-hybridized carbons (Fsp3) is 0.111. The van der Waals surface area contributed by atoms with Crippen LogP contribution in [-0.4, -0.2) is 16.6 Å². The van der Waals surface area contributed by atoms with E-state index in [4.69, 9.17) is 10.5 Å². The highest BCUT2D eigenvalue weighted by Gasteiger charge is 2.10. The van der Waals surface area contributed by atoms with Crippen molar-refractivity contribution in [1.29, 1.82) is 0 Å². The number of halogens is 1. The minimum atomic E-state index is 0.437. The third-order valence-corrected chi connectivity index (χ3v) is 4.13. The minimum Gasteiger partial charge on any atom is -0.494 e. The van der Waals surface area contributed by atoms with Gasteiger partial charge in [0.05, 0.1) is 12.3 Å². The van der Waals surface area contributed by atoms with Crippen molar-refractivity contribution in [3.63, 3.8) is 0 Å². The van der Waals surface area contributed by atoms with E-state index >= 15 is 0 Å². The molecule has 1 aromatic heterocycles. The normalized spacial score (nSPS) is 10.3. The largest absolute Gasteiger partial charge is 0.494 e. The van der Waals surface area contributed by atoms with Gasteiger partial charge < -0.3 is 21.1 Å². The van der Waals surface area contributed by atoms with E-state index in [1.165, 1.54) is 6.33 Å². The van der Waals surface area contributed by atoms with Crippen molar-refractivity contribution in [2.45, 2.75) is 6.92 Å². The van der Waals surface area contributed by atoms with Gasteiger partial charge in [-0.2, -0.15) is 0 Å². The first kappa shape index (κ1) is 17.0. The van der Waals surface area contributed by atoms with Crippen LogP contribution < -0.4 is 21.1 Å². The van der Waals surface area contributed by atoms with Crippen molar-refractivity contribution in [2.24, 2.45) is 0 Å². The summed E-state index contributed by atoms with van der Waals surface area (Å²) in [7, 11) is 0. The van der Waals surface area contributed by atoms with Gasteiger partial charge in [0.15, 0.2) is 11.6 Å². The van der Waals surface area contributed by atoms with Gasteiger partial charge in [-0.05, 0) is 59.3 Å². The zero-order chi connectivity index (χ0) is 17.6. The second kappa shape index (κ2) is 7.85. The molecule has 0 radical (unpaired) electrons. The zero-order valence-corrected chi connectivity index (χ0v) is 15.2. The number of ether oxygens (including phenoxy) is 1. The Bertz CT molecular complexity index is 854. The molecule has 4 N–H and O–H groups in total. The molecule has 1 heterocycles. The number of hydrogen-bond donors (Lipinski definition) is 3. The van der Waals surface area contributed by atoms with Crippen LogP contribution in [0.1, 0.15) is 6.92 Å². The average Bonchev–Trinajstić information content (AvgIpc) is 2.62. The predicted octanol–water partition coefficient (Wildman–Crippen LogP) is 4.71. The average molecular weight is 400 g/mol. The summed E-state index contributed by atoms with van der Waals surface area (Å²) in [4.78, 5) is 8.45. The van der Waals surface area contributed by atoms with Crippen molar-refractivity contribution in [3.05, 3.63) is 59.3 Å². The van der Waals surface area contributed by atoms with Gasteiger partial charge in [-0.25, -0.2) is 9.97 Å². The van der Waals surface area contributed by atoms with Gasteiger partial charge in [0.25, 0.3) is 0 Å². The highest BCUT2D eigenvalue weighted by molar-refractivity contribution is 9.10. The van der Waals surface area contributed by atoms with Gasteiger partial charge in [-0.3, -0.25) is 0 Å². The molecule has 0 saturated heterocycles. The highest BCUT2D eigenvalue weighted by Crippen LogP contribution is 2.31. The Kier molecular flexibility index (Phi) is 5.35. The number of hydrogen-bond acceptors (Lipinski definition) is 6. The molecule has 0 fully saturated rings. The smallest absolute Gasteiger partial charge is 0.159 e. The lowest BCUT2D eigenvalue weighted by atomic mass is 10.3. The number of nitrogens with one attached hydrogen (secondary N) is 2. The Balaban J connectivity index is 1.80. The monoisotopic (exact) mass is 399 g/mol. The van der Waals surface area contributed by atoms with Gasteiger partial charge in [0.2, 0.25) is 0 Å². The van der Waals surface area contributed by atoms with Gasteiger partial charge >= 0.3 is 0 Å². The molecule has 0 unspecified atom stereocenters. The van der Waals surface area contributed by atoms with E-state index in [1.54, 1.807) is 0 Å². The molecule has 7 heteroatoms. The highest BCUT2D eigenvalue weighted by atomic mass is 79.9. The molecule has 0 aliphatic carbocycles. The first-order chi connectivity index (χ1) is 12.2. The van der Waals surface area contributed by atoms with Gasteiger partial charge in [-0.15, -0.1) is 0 Å². The summed E-state index contributed by atoms with van der Waals surface area (Å²) in [5.74, 6) is 1.89. The summed E-state index contributed by atoms with van der Waals surface area (Å²) in [6, 6.07) is 15.4. The third-order valence-electron chi connectivity index (χ3n) is 3.44. The van der Waals surface area contributed by atoms with Crippen LogP contribution in [0.15, 0.2) is 59.3 Å². The lowest BCUT2D eigenvalue weighted by Gasteiger charge is -2.13. The number of benzene rings is 2. The first-order valence-electron chi connectivity index (χ1n) is 7.79. The van der Waals surface area contributed by atoms with Crippen LogP contribution in [0.25, 0.3) is 0 Å². The lowest BCUT2D eigenvalue weighted by Crippen LogP contribution is -2.05. The fourth-order valence-electron chi connectivity index (χ4n) is 2.22. The van der Waals surface area contributed by atoms with Crippen LogP contribution in [0.2, 0.25) is 0 Å². The molecule has 0 spiro atoms. The van der Waals surface area contributed by atoms with E-state index in [0.717, 1.165) is 21.6 Å². The van der Waals surface area contributed by atoms with Crippen LogP contribution in [0.3, 0.4) is 0 Å². The standard InChI is InChI=1S/C18H18BrN5O/c1-2-25-13-9-7-12(8-10-13)23-17-16(20)18(22-11-21-17)24-15-6-4-3-5-14(15)19/h3-11H,2,20H2,1H3,(H2,21,22,23,24). The maximum atomic E-state index is 6.22. The summed E-state index contributed by atoms with van der Waals surface area (Å²) >= 11 is 3.50. The van der Waals surface area contributed by atoms with Gasteiger partial charge in [-0.1, -0.05) is 12.1 Å². The Morgan fingerprint density at radius 1 is 1.00 bits per heavy atom. The molecule has 2 aromatic carbocycles. The Morgan fingerprint density at radius 2 is 1.68 bits per heavy atom. The van der Waals surface area contributed by atoms with Crippen molar-refractivity contribution >= 4 is 44.6 Å². The maximum Gasteiger partial charge on any atom is 0.159 e. The van der Waals surface area contributed by atoms with Crippen LogP contribution in [-0.2, 0) is 0 Å². The molecule has 0 atom stereocenters. The van der Waals surface area contributed by atoms with Gasteiger partial charge in [0.1, 0.15) is 17.8 Å².